The van der Waals surface area contributed by atoms with Crippen LogP contribution in [0.5, 0.6) is 0 Å². The highest BCUT2D eigenvalue weighted by atomic mass is 31.2. The molecule has 9 rings (SSSR count). The van der Waals surface area contributed by atoms with E-state index in [9.17, 15) is 0 Å². The van der Waals surface area contributed by atoms with Gasteiger partial charge in [-0.1, -0.05) is 133 Å². The highest BCUT2D eigenvalue weighted by Crippen LogP contribution is 2.45. The number of pyridine rings is 3. The maximum Gasteiger partial charge on any atom is 0.171 e. The minimum Gasteiger partial charge on any atom is -0.309 e. The number of fused-ring (bicyclic) bond motifs is 5. The summed E-state index contributed by atoms with van der Waals surface area (Å²) in [5.41, 5.74) is 6.16. The first-order valence-corrected chi connectivity index (χ1v) is 18.3. The molecule has 0 aliphatic heterocycles. The summed E-state index contributed by atoms with van der Waals surface area (Å²) in [7, 11) is -3.21. The largest absolute Gasteiger partial charge is 0.309 e. The van der Waals surface area contributed by atoms with Gasteiger partial charge in [-0.05, 0) is 53.2 Å². The third kappa shape index (κ3) is 5.01. The Morgan fingerprint density at radius 3 is 1.76 bits per heavy atom. The van der Waals surface area contributed by atoms with Crippen molar-refractivity contribution in [2.24, 2.45) is 0 Å². The van der Waals surface area contributed by atoms with Gasteiger partial charge in [0.15, 0.2) is 7.14 Å². The summed E-state index contributed by atoms with van der Waals surface area (Å²) in [6.45, 7) is 0. The second-order valence-corrected chi connectivity index (χ2v) is 15.1. The molecule has 0 N–H and O–H groups in total. The molecule has 5 heteroatoms. The Morgan fingerprint density at radius 2 is 1.02 bits per heavy atom. The Kier molecular flexibility index (Phi) is 7.38. The van der Waals surface area contributed by atoms with E-state index >= 15 is 4.57 Å². The molecule has 0 atom stereocenters. The normalized spacial score (nSPS) is 11.7. The Balaban J connectivity index is 1.33. The molecule has 0 saturated carbocycles. The van der Waals surface area contributed by atoms with Gasteiger partial charge >= 0.3 is 0 Å². The second-order valence-electron chi connectivity index (χ2n) is 12.3. The third-order valence-electron chi connectivity index (χ3n) is 9.38. The molecule has 0 aliphatic carbocycles. The summed E-state index contributed by atoms with van der Waals surface area (Å²) >= 11 is 0. The maximum atomic E-state index is 15.4. The van der Waals surface area contributed by atoms with Crippen LogP contribution in [0.1, 0.15) is 0 Å². The van der Waals surface area contributed by atoms with Crippen molar-refractivity contribution in [3.63, 3.8) is 0 Å². The van der Waals surface area contributed by atoms with Gasteiger partial charge in [-0.2, -0.15) is 0 Å². The third-order valence-corrected chi connectivity index (χ3v) is 12.4. The number of para-hydroxylation sites is 1. The van der Waals surface area contributed by atoms with E-state index < -0.39 is 7.14 Å². The highest BCUT2D eigenvalue weighted by molar-refractivity contribution is 7.85. The van der Waals surface area contributed by atoms with Crippen molar-refractivity contribution in [1.82, 2.24) is 15.0 Å². The number of aromatic nitrogens is 3. The Hall–Kier alpha value is -6.22. The van der Waals surface area contributed by atoms with Crippen molar-refractivity contribution >= 4 is 55.5 Å². The van der Waals surface area contributed by atoms with Crippen LogP contribution in [-0.2, 0) is 4.57 Å². The number of rotatable bonds is 6. The van der Waals surface area contributed by atoms with Crippen molar-refractivity contribution in [1.29, 1.82) is 0 Å². The van der Waals surface area contributed by atoms with Crippen LogP contribution in [0, 0.1) is 0 Å². The van der Waals surface area contributed by atoms with Crippen molar-refractivity contribution in [2.75, 3.05) is 0 Å². The van der Waals surface area contributed by atoms with Crippen molar-refractivity contribution < 1.29 is 4.57 Å². The molecule has 9 aromatic rings. The monoisotopic (exact) mass is 659 g/mol. The Labute approximate surface area is 290 Å². The van der Waals surface area contributed by atoms with Crippen molar-refractivity contribution in [2.45, 2.75) is 0 Å². The quantitative estimate of drug-likeness (QED) is 0.132. The zero-order valence-electron chi connectivity index (χ0n) is 27.0. The average Bonchev–Trinajstić information content (AvgIpc) is 3.21. The summed E-state index contributed by atoms with van der Waals surface area (Å²) in [6.07, 6.45) is 1.79. The predicted molar refractivity (Wildman–Crippen MR) is 208 cm³/mol. The van der Waals surface area contributed by atoms with Gasteiger partial charge in [-0.15, -0.1) is 0 Å². The zero-order valence-corrected chi connectivity index (χ0v) is 27.9. The van der Waals surface area contributed by atoms with Gasteiger partial charge in [-0.25, -0.2) is 9.97 Å². The van der Waals surface area contributed by atoms with Gasteiger partial charge < -0.3 is 4.57 Å². The lowest BCUT2D eigenvalue weighted by atomic mass is 9.91. The summed E-state index contributed by atoms with van der Waals surface area (Å²) in [6, 6.07) is 58.8. The molecule has 4 nitrogen and oxygen atoms in total. The molecule has 0 bridgehead atoms. The van der Waals surface area contributed by atoms with Crippen LogP contribution in [-0.4, -0.2) is 15.0 Å². The van der Waals surface area contributed by atoms with E-state index in [1.54, 1.807) is 6.20 Å². The van der Waals surface area contributed by atoms with Crippen LogP contribution in [0.15, 0.2) is 182 Å². The number of hydrogen-bond donors (Lipinski definition) is 0. The zero-order chi connectivity index (χ0) is 33.5. The lowest BCUT2D eigenvalue weighted by molar-refractivity contribution is 0.592. The average molecular weight is 660 g/mol. The van der Waals surface area contributed by atoms with Gasteiger partial charge in [0.2, 0.25) is 0 Å². The lowest BCUT2D eigenvalue weighted by Crippen LogP contribution is -2.25. The molecule has 0 saturated heterocycles. The summed E-state index contributed by atoms with van der Waals surface area (Å²) in [4.78, 5) is 15.0. The number of hydrogen-bond acceptors (Lipinski definition) is 4. The standard InChI is InChI=1S/C45H30N3OP/c49-50(32-16-3-1-4-17-32,33-18-5-2-6-19-33)34-20-13-15-31(29-34)45-39-30-38(41-26-14-27-43(47-41)42-25-11-12-28-46-42)35-21-7-8-22-36(35)44(39)37-23-9-10-24-40(37)48-45/h1-30H. The topological polar surface area (TPSA) is 55.7 Å². The van der Waals surface area contributed by atoms with E-state index in [2.05, 4.69) is 71.7 Å². The van der Waals surface area contributed by atoms with Gasteiger partial charge in [0.1, 0.15) is 0 Å². The van der Waals surface area contributed by atoms with Crippen LogP contribution in [0.3, 0.4) is 0 Å². The summed E-state index contributed by atoms with van der Waals surface area (Å²) in [5, 5.41) is 7.82. The van der Waals surface area contributed by atoms with Gasteiger partial charge in [0.25, 0.3) is 0 Å². The fourth-order valence-electron chi connectivity index (χ4n) is 7.06. The molecular weight excluding hydrogens is 629 g/mol. The minimum atomic E-state index is -3.21. The smallest absolute Gasteiger partial charge is 0.171 e. The summed E-state index contributed by atoms with van der Waals surface area (Å²) in [5.74, 6) is 0. The van der Waals surface area contributed by atoms with Gasteiger partial charge in [-0.3, -0.25) is 4.98 Å². The first-order chi connectivity index (χ1) is 24.7. The molecular formula is C45H30N3OP. The highest BCUT2D eigenvalue weighted by Gasteiger charge is 2.30. The second kappa shape index (κ2) is 12.3. The summed E-state index contributed by atoms with van der Waals surface area (Å²) < 4.78 is 15.4. The van der Waals surface area contributed by atoms with Crippen LogP contribution < -0.4 is 15.9 Å². The molecule has 0 amide bonds. The van der Waals surface area contributed by atoms with E-state index in [0.29, 0.717) is 0 Å². The Bertz CT molecular complexity index is 2690. The van der Waals surface area contributed by atoms with E-state index in [1.807, 2.05) is 109 Å². The number of nitrogens with zero attached hydrogens (tertiary/aromatic N) is 3. The fraction of sp³-hybridized carbons (Fsp3) is 0. The fourth-order valence-corrected chi connectivity index (χ4v) is 9.76. The molecule has 6 aromatic carbocycles. The SMILES string of the molecule is O=P(c1ccccc1)(c1ccccc1)c1cccc(-c2nc3ccccc3c3c2cc(-c2cccc(-c4ccccn4)n2)c2ccccc23)c1. The van der Waals surface area contributed by atoms with Gasteiger partial charge in [0, 0.05) is 49.4 Å². The van der Waals surface area contributed by atoms with E-state index in [-0.39, 0.29) is 0 Å². The first kappa shape index (κ1) is 29.9. The van der Waals surface area contributed by atoms with Crippen LogP contribution in [0.2, 0.25) is 0 Å². The van der Waals surface area contributed by atoms with Gasteiger partial charge in [0.05, 0.1) is 28.3 Å². The molecule has 0 radical (unpaired) electrons. The van der Waals surface area contributed by atoms with E-state index in [4.69, 9.17) is 9.97 Å². The first-order valence-electron chi connectivity index (χ1n) is 16.6. The lowest BCUT2D eigenvalue weighted by Gasteiger charge is -2.21. The molecule has 0 spiro atoms. The molecule has 3 aromatic heterocycles. The maximum absolute atomic E-state index is 15.4. The molecule has 0 aliphatic rings. The van der Waals surface area contributed by atoms with Crippen LogP contribution >= 0.6 is 7.14 Å². The van der Waals surface area contributed by atoms with Crippen LogP contribution in [0.4, 0.5) is 0 Å². The number of benzene rings is 6. The molecule has 50 heavy (non-hydrogen) atoms. The molecule has 0 fully saturated rings. The minimum absolute atomic E-state index is 0.765. The van der Waals surface area contributed by atoms with Crippen molar-refractivity contribution in [3.05, 3.63) is 182 Å². The van der Waals surface area contributed by atoms with E-state index in [1.165, 1.54) is 0 Å². The predicted octanol–water partition coefficient (Wildman–Crippen LogP) is 9.97. The van der Waals surface area contributed by atoms with E-state index in [0.717, 1.165) is 82.3 Å². The molecule has 236 valence electrons. The van der Waals surface area contributed by atoms with Crippen LogP contribution in [0.25, 0.3) is 66.4 Å². The van der Waals surface area contributed by atoms with Crippen molar-refractivity contribution in [3.8, 4) is 33.9 Å². The molecule has 0 unspecified atom stereocenters. The Morgan fingerprint density at radius 1 is 0.420 bits per heavy atom. The molecule has 3 heterocycles.